The van der Waals surface area contributed by atoms with Crippen LogP contribution in [0.4, 0.5) is 4.39 Å². The molecular weight excluding hydrogens is 273 g/mol. The lowest BCUT2D eigenvalue weighted by atomic mass is 10.0. The molecule has 21 heavy (non-hydrogen) atoms. The fraction of sp³-hybridized carbons (Fsp3) is 0.467. The first-order valence-corrected chi connectivity index (χ1v) is 6.92. The van der Waals surface area contributed by atoms with Crippen molar-refractivity contribution in [2.45, 2.75) is 39.8 Å². The van der Waals surface area contributed by atoms with Crippen molar-refractivity contribution in [3.63, 3.8) is 0 Å². The second kappa shape index (κ2) is 6.67. The van der Waals surface area contributed by atoms with E-state index in [0.29, 0.717) is 11.7 Å². The number of aryl methyl sites for hydroxylation is 1. The third-order valence-corrected chi connectivity index (χ3v) is 2.98. The van der Waals surface area contributed by atoms with Crippen LogP contribution in [0.25, 0.3) is 0 Å². The van der Waals surface area contributed by atoms with Crippen molar-refractivity contribution in [1.29, 1.82) is 0 Å². The maximum absolute atomic E-state index is 13.5. The zero-order valence-corrected chi connectivity index (χ0v) is 12.5. The zero-order chi connectivity index (χ0) is 15.4. The molecule has 114 valence electrons. The monoisotopic (exact) mass is 293 g/mol. The smallest absolute Gasteiger partial charge is 0.264 e. The molecule has 1 atom stereocenters. The van der Waals surface area contributed by atoms with Crippen molar-refractivity contribution in [3.8, 4) is 5.75 Å². The van der Waals surface area contributed by atoms with Crippen molar-refractivity contribution >= 4 is 0 Å². The van der Waals surface area contributed by atoms with Crippen LogP contribution in [0.3, 0.4) is 0 Å². The van der Waals surface area contributed by atoms with Crippen LogP contribution in [0.2, 0.25) is 0 Å². The molecule has 1 aromatic carbocycles. The highest BCUT2D eigenvalue weighted by atomic mass is 19.1. The number of halogens is 1. The van der Waals surface area contributed by atoms with Gasteiger partial charge in [0.2, 0.25) is 0 Å². The largest absolute Gasteiger partial charge is 0.481 e. The molecule has 0 aliphatic heterocycles. The summed E-state index contributed by atoms with van der Waals surface area (Å²) >= 11 is 0. The maximum atomic E-state index is 13.5. The van der Waals surface area contributed by atoms with E-state index in [4.69, 9.17) is 15.0 Å². The summed E-state index contributed by atoms with van der Waals surface area (Å²) in [6.45, 7) is 6.03. The summed E-state index contributed by atoms with van der Waals surface area (Å²) in [5.74, 6) is 0.926. The lowest BCUT2D eigenvalue weighted by Gasteiger charge is -2.08. The van der Waals surface area contributed by atoms with E-state index < -0.39 is 5.82 Å². The van der Waals surface area contributed by atoms with Gasteiger partial charge in [0.1, 0.15) is 0 Å². The van der Waals surface area contributed by atoms with E-state index in [1.807, 2.05) is 6.92 Å². The van der Waals surface area contributed by atoms with Gasteiger partial charge in [-0.05, 0) is 37.0 Å². The molecule has 1 heterocycles. The summed E-state index contributed by atoms with van der Waals surface area (Å²) in [5.41, 5.74) is 6.89. The topological polar surface area (TPSA) is 74.2 Å². The van der Waals surface area contributed by atoms with Crippen molar-refractivity contribution in [3.05, 3.63) is 41.3 Å². The van der Waals surface area contributed by atoms with Crippen LogP contribution in [-0.4, -0.2) is 10.1 Å². The Morgan fingerprint density at radius 3 is 2.86 bits per heavy atom. The number of hydrogen-bond donors (Lipinski definition) is 1. The molecule has 0 aliphatic carbocycles. The van der Waals surface area contributed by atoms with Gasteiger partial charge in [-0.15, -0.1) is 0 Å². The summed E-state index contributed by atoms with van der Waals surface area (Å²) in [4.78, 5) is 4.18. The molecule has 0 saturated heterocycles. The van der Waals surface area contributed by atoms with Crippen LogP contribution in [0.15, 0.2) is 22.7 Å². The number of hydrogen-bond acceptors (Lipinski definition) is 5. The molecule has 0 saturated carbocycles. The summed E-state index contributed by atoms with van der Waals surface area (Å²) in [5, 5.41) is 3.84. The lowest BCUT2D eigenvalue weighted by molar-refractivity contribution is 0.233. The molecule has 0 amide bonds. The second-order valence-corrected chi connectivity index (χ2v) is 5.50. The number of benzene rings is 1. The Balaban J connectivity index is 1.98. The Labute approximate surface area is 123 Å². The Hall–Kier alpha value is -1.95. The number of rotatable bonds is 6. The van der Waals surface area contributed by atoms with Crippen LogP contribution in [-0.2, 0) is 6.61 Å². The van der Waals surface area contributed by atoms with Gasteiger partial charge in [0.15, 0.2) is 24.0 Å². The first-order valence-electron chi connectivity index (χ1n) is 6.92. The zero-order valence-electron chi connectivity index (χ0n) is 12.5. The van der Waals surface area contributed by atoms with Gasteiger partial charge in [-0.2, -0.15) is 4.98 Å². The van der Waals surface area contributed by atoms with Gasteiger partial charge in [-0.1, -0.05) is 25.1 Å². The van der Waals surface area contributed by atoms with Crippen LogP contribution in [0.5, 0.6) is 5.75 Å². The van der Waals surface area contributed by atoms with Crippen LogP contribution in [0, 0.1) is 18.7 Å². The SMILES string of the molecule is Cc1ccc(F)c(OCc2nc([C@@H](N)CC(C)C)no2)c1. The molecule has 1 aromatic heterocycles. The number of aromatic nitrogens is 2. The molecule has 0 fully saturated rings. The predicted molar refractivity (Wildman–Crippen MR) is 76.2 cm³/mol. The minimum absolute atomic E-state index is 0.0156. The summed E-state index contributed by atoms with van der Waals surface area (Å²) in [6.07, 6.45) is 0.770. The molecule has 2 aromatic rings. The van der Waals surface area contributed by atoms with Gasteiger partial charge >= 0.3 is 0 Å². The van der Waals surface area contributed by atoms with E-state index in [1.54, 1.807) is 12.1 Å². The Bertz CT molecular complexity index is 598. The molecule has 0 radical (unpaired) electrons. The Kier molecular flexibility index (Phi) is 4.90. The highest BCUT2D eigenvalue weighted by Crippen LogP contribution is 2.20. The van der Waals surface area contributed by atoms with Crippen LogP contribution in [0.1, 0.15) is 43.6 Å². The second-order valence-electron chi connectivity index (χ2n) is 5.50. The lowest BCUT2D eigenvalue weighted by Crippen LogP contribution is -2.14. The van der Waals surface area contributed by atoms with Crippen molar-refractivity contribution < 1.29 is 13.7 Å². The molecular formula is C15H20FN3O2. The van der Waals surface area contributed by atoms with E-state index >= 15 is 0 Å². The summed E-state index contributed by atoms with van der Waals surface area (Å²) < 4.78 is 24.0. The van der Waals surface area contributed by atoms with Gasteiger partial charge in [0.05, 0.1) is 6.04 Å². The number of nitrogens with two attached hydrogens (primary N) is 1. The number of ether oxygens (including phenoxy) is 1. The van der Waals surface area contributed by atoms with Crippen molar-refractivity contribution in [1.82, 2.24) is 10.1 Å². The fourth-order valence-electron chi connectivity index (χ4n) is 1.95. The molecule has 0 unspecified atom stereocenters. The Morgan fingerprint density at radius 2 is 2.14 bits per heavy atom. The number of nitrogens with zero attached hydrogens (tertiary/aromatic N) is 2. The summed E-state index contributed by atoms with van der Waals surface area (Å²) in [7, 11) is 0. The fourth-order valence-corrected chi connectivity index (χ4v) is 1.95. The molecule has 0 spiro atoms. The van der Waals surface area contributed by atoms with Crippen molar-refractivity contribution in [2.24, 2.45) is 11.7 Å². The first-order chi connectivity index (χ1) is 9.95. The van der Waals surface area contributed by atoms with Crippen molar-refractivity contribution in [2.75, 3.05) is 0 Å². The highest BCUT2D eigenvalue weighted by Gasteiger charge is 2.16. The van der Waals surface area contributed by atoms with Crippen LogP contribution < -0.4 is 10.5 Å². The maximum Gasteiger partial charge on any atom is 0.264 e. The summed E-state index contributed by atoms with van der Waals surface area (Å²) in [6, 6.07) is 4.40. The van der Waals surface area contributed by atoms with Gasteiger partial charge in [0, 0.05) is 0 Å². The van der Waals surface area contributed by atoms with E-state index in [9.17, 15) is 4.39 Å². The predicted octanol–water partition coefficient (Wildman–Crippen LogP) is 3.14. The van der Waals surface area contributed by atoms with E-state index in [0.717, 1.165) is 12.0 Å². The van der Waals surface area contributed by atoms with E-state index in [1.165, 1.54) is 6.07 Å². The average Bonchev–Trinajstić information content (AvgIpc) is 2.88. The quantitative estimate of drug-likeness (QED) is 0.885. The van der Waals surface area contributed by atoms with Gasteiger partial charge in [0.25, 0.3) is 5.89 Å². The third-order valence-electron chi connectivity index (χ3n) is 2.98. The van der Waals surface area contributed by atoms with Gasteiger partial charge in [-0.3, -0.25) is 0 Å². The minimum atomic E-state index is -0.420. The normalized spacial score (nSPS) is 12.7. The molecule has 0 aliphatic rings. The minimum Gasteiger partial charge on any atom is -0.481 e. The third kappa shape index (κ3) is 4.26. The van der Waals surface area contributed by atoms with E-state index in [-0.39, 0.29) is 24.3 Å². The van der Waals surface area contributed by atoms with E-state index in [2.05, 4.69) is 24.0 Å². The van der Waals surface area contributed by atoms with Crippen LogP contribution >= 0.6 is 0 Å². The molecule has 0 bridgehead atoms. The molecule has 5 nitrogen and oxygen atoms in total. The first kappa shape index (κ1) is 15.4. The Morgan fingerprint density at radius 1 is 1.38 bits per heavy atom. The molecule has 6 heteroatoms. The average molecular weight is 293 g/mol. The highest BCUT2D eigenvalue weighted by molar-refractivity contribution is 5.29. The molecule has 2 N–H and O–H groups in total. The van der Waals surface area contributed by atoms with Gasteiger partial charge < -0.3 is 15.0 Å². The standard InChI is InChI=1S/C15H20FN3O2/c1-9(2)6-12(17)15-18-14(21-19-15)8-20-13-7-10(3)4-5-11(13)16/h4-5,7,9,12H,6,8,17H2,1-3H3/t12-/m0/s1. The van der Waals surface area contributed by atoms with Gasteiger partial charge in [-0.25, -0.2) is 4.39 Å². The molecule has 2 rings (SSSR count).